The number of thiophene rings is 1. The van der Waals surface area contributed by atoms with Gasteiger partial charge in [0, 0.05) is 7.05 Å². The molecule has 0 radical (unpaired) electrons. The maximum Gasteiger partial charge on any atom is 0.348 e. The second-order valence-corrected chi connectivity index (χ2v) is 5.97. The number of aryl methyl sites for hydroxylation is 1. The van der Waals surface area contributed by atoms with Gasteiger partial charge in [-0.25, -0.2) is 9.78 Å². The van der Waals surface area contributed by atoms with Crippen molar-refractivity contribution in [2.24, 2.45) is 7.05 Å². The summed E-state index contributed by atoms with van der Waals surface area (Å²) < 4.78 is 7.30. The predicted molar refractivity (Wildman–Crippen MR) is 87.1 cm³/mol. The fraction of sp³-hybridized carbons (Fsp3) is 0.214. The summed E-state index contributed by atoms with van der Waals surface area (Å²) in [4.78, 5) is 40.3. The number of ether oxygens (including phenoxy) is 1. The van der Waals surface area contributed by atoms with Crippen LogP contribution in [-0.2, 0) is 23.1 Å². The first-order valence-corrected chi connectivity index (χ1v) is 7.66. The van der Waals surface area contributed by atoms with Crippen molar-refractivity contribution in [3.05, 3.63) is 39.9 Å². The Morgan fingerprint density at radius 1 is 1.38 bits per heavy atom. The van der Waals surface area contributed by atoms with Crippen LogP contribution in [0.1, 0.15) is 9.67 Å². The van der Waals surface area contributed by atoms with Crippen LogP contribution in [0.15, 0.2) is 29.5 Å². The fourth-order valence-corrected chi connectivity index (χ4v) is 2.97. The van der Waals surface area contributed by atoms with Gasteiger partial charge in [-0.1, -0.05) is 0 Å². The van der Waals surface area contributed by atoms with E-state index in [-0.39, 0.29) is 12.1 Å². The number of carbonyl (C=O) groups excluding carboxylic acids is 2. The maximum atomic E-state index is 12.3. The van der Waals surface area contributed by atoms with Gasteiger partial charge in [-0.05, 0) is 12.1 Å². The lowest BCUT2D eigenvalue weighted by molar-refractivity contribution is -0.116. The molecule has 0 saturated heterocycles. The molecule has 10 heteroatoms. The monoisotopic (exact) mass is 347 g/mol. The number of esters is 1. The number of methoxy groups -OCH3 is 1. The lowest BCUT2D eigenvalue weighted by atomic mass is 10.4. The van der Waals surface area contributed by atoms with Crippen molar-refractivity contribution in [2.75, 3.05) is 12.4 Å². The standard InChI is InChI=1S/C14H13N5O4S/c1-18-12-8(5-16-18)13(21)19(7-15-12)6-10(20)17-11-4-3-9(24-11)14(22)23-2/h3-5,7H,6H2,1-2H3,(H,17,20). The van der Waals surface area contributed by atoms with Crippen LogP contribution in [-0.4, -0.2) is 38.3 Å². The van der Waals surface area contributed by atoms with Gasteiger partial charge in [-0.15, -0.1) is 11.3 Å². The molecule has 0 aliphatic heterocycles. The molecular formula is C14H13N5O4S. The zero-order chi connectivity index (χ0) is 17.3. The molecular weight excluding hydrogens is 334 g/mol. The second-order valence-electron chi connectivity index (χ2n) is 4.89. The first kappa shape index (κ1) is 15.9. The van der Waals surface area contributed by atoms with Crippen molar-refractivity contribution in [1.82, 2.24) is 19.3 Å². The quantitative estimate of drug-likeness (QED) is 0.693. The van der Waals surface area contributed by atoms with Gasteiger partial charge in [-0.2, -0.15) is 5.10 Å². The molecule has 0 aromatic carbocycles. The van der Waals surface area contributed by atoms with Crippen LogP contribution < -0.4 is 10.9 Å². The number of anilines is 1. The van der Waals surface area contributed by atoms with Crippen molar-refractivity contribution >= 4 is 39.2 Å². The summed E-state index contributed by atoms with van der Waals surface area (Å²) in [6.45, 7) is -0.192. The zero-order valence-electron chi connectivity index (χ0n) is 12.8. The average Bonchev–Trinajstić information content (AvgIpc) is 3.17. The highest BCUT2D eigenvalue weighted by Crippen LogP contribution is 2.22. The van der Waals surface area contributed by atoms with Crippen LogP contribution in [0.2, 0.25) is 0 Å². The van der Waals surface area contributed by atoms with Crippen LogP contribution >= 0.6 is 11.3 Å². The van der Waals surface area contributed by atoms with E-state index in [2.05, 4.69) is 20.1 Å². The minimum atomic E-state index is -0.469. The molecule has 3 aromatic rings. The Balaban J connectivity index is 1.75. The summed E-state index contributed by atoms with van der Waals surface area (Å²) in [7, 11) is 2.97. The van der Waals surface area contributed by atoms with Crippen molar-refractivity contribution in [3.63, 3.8) is 0 Å². The third-order valence-corrected chi connectivity index (χ3v) is 4.27. The number of rotatable bonds is 4. The van der Waals surface area contributed by atoms with Crippen LogP contribution in [0.25, 0.3) is 11.0 Å². The summed E-state index contributed by atoms with van der Waals surface area (Å²) in [6, 6.07) is 3.15. The molecule has 0 aliphatic carbocycles. The predicted octanol–water partition coefficient (Wildman–Crippen LogP) is 0.617. The summed E-state index contributed by atoms with van der Waals surface area (Å²) >= 11 is 1.09. The number of hydrogen-bond acceptors (Lipinski definition) is 7. The topological polar surface area (TPSA) is 108 Å². The summed E-state index contributed by atoms with van der Waals surface area (Å²) in [5.41, 5.74) is 0.113. The van der Waals surface area contributed by atoms with Crippen molar-refractivity contribution in [2.45, 2.75) is 6.54 Å². The number of aromatic nitrogens is 4. The molecule has 0 atom stereocenters. The smallest absolute Gasteiger partial charge is 0.348 e. The van der Waals surface area contributed by atoms with Gasteiger partial charge in [0.15, 0.2) is 5.65 Å². The molecule has 1 amide bonds. The number of fused-ring (bicyclic) bond motifs is 1. The lowest BCUT2D eigenvalue weighted by Gasteiger charge is -2.05. The van der Waals surface area contributed by atoms with E-state index in [0.717, 1.165) is 11.3 Å². The second kappa shape index (κ2) is 6.24. The van der Waals surface area contributed by atoms with Gasteiger partial charge in [0.2, 0.25) is 5.91 Å². The summed E-state index contributed by atoms with van der Waals surface area (Å²) in [5, 5.41) is 7.44. The average molecular weight is 347 g/mol. The van der Waals surface area contributed by atoms with E-state index in [1.807, 2.05) is 0 Å². The van der Waals surface area contributed by atoms with Gasteiger partial charge in [-0.3, -0.25) is 18.8 Å². The van der Waals surface area contributed by atoms with E-state index in [1.165, 1.54) is 28.9 Å². The van der Waals surface area contributed by atoms with Crippen LogP contribution in [0.4, 0.5) is 5.00 Å². The molecule has 0 spiro atoms. The Morgan fingerprint density at radius 2 is 2.17 bits per heavy atom. The Morgan fingerprint density at radius 3 is 2.92 bits per heavy atom. The van der Waals surface area contributed by atoms with E-state index < -0.39 is 11.9 Å². The van der Waals surface area contributed by atoms with E-state index in [4.69, 9.17) is 0 Å². The van der Waals surface area contributed by atoms with Gasteiger partial charge in [0.1, 0.15) is 23.1 Å². The van der Waals surface area contributed by atoms with Crippen molar-refractivity contribution < 1.29 is 14.3 Å². The highest BCUT2D eigenvalue weighted by atomic mass is 32.1. The summed E-state index contributed by atoms with van der Waals surface area (Å²) in [5.74, 6) is -0.872. The van der Waals surface area contributed by atoms with E-state index in [0.29, 0.717) is 20.9 Å². The molecule has 24 heavy (non-hydrogen) atoms. The highest BCUT2D eigenvalue weighted by Gasteiger charge is 2.13. The van der Waals surface area contributed by atoms with Crippen LogP contribution in [0, 0.1) is 0 Å². The number of hydrogen-bond donors (Lipinski definition) is 1. The number of carbonyl (C=O) groups is 2. The van der Waals surface area contributed by atoms with Crippen LogP contribution in [0.3, 0.4) is 0 Å². The molecule has 0 saturated carbocycles. The minimum absolute atomic E-state index is 0.192. The third kappa shape index (κ3) is 2.91. The molecule has 0 bridgehead atoms. The Hall–Kier alpha value is -3.01. The SMILES string of the molecule is COC(=O)c1ccc(NC(=O)Cn2cnc3c(cnn3C)c2=O)s1. The Bertz CT molecular complexity index is 987. The first-order valence-electron chi connectivity index (χ1n) is 6.84. The lowest BCUT2D eigenvalue weighted by Crippen LogP contribution is -2.27. The molecule has 0 fully saturated rings. The molecule has 3 rings (SSSR count). The number of nitrogens with one attached hydrogen (secondary N) is 1. The molecule has 3 heterocycles. The molecule has 124 valence electrons. The normalized spacial score (nSPS) is 10.8. The number of nitrogens with zero attached hydrogens (tertiary/aromatic N) is 4. The molecule has 9 nitrogen and oxygen atoms in total. The van der Waals surface area contributed by atoms with Crippen molar-refractivity contribution in [1.29, 1.82) is 0 Å². The third-order valence-electron chi connectivity index (χ3n) is 3.29. The minimum Gasteiger partial charge on any atom is -0.465 e. The van der Waals surface area contributed by atoms with Gasteiger partial charge < -0.3 is 10.1 Å². The van der Waals surface area contributed by atoms with E-state index in [1.54, 1.807) is 19.2 Å². The Labute approximate surface area is 139 Å². The van der Waals surface area contributed by atoms with E-state index in [9.17, 15) is 14.4 Å². The van der Waals surface area contributed by atoms with Gasteiger partial charge >= 0.3 is 5.97 Å². The molecule has 1 N–H and O–H groups in total. The van der Waals surface area contributed by atoms with Crippen LogP contribution in [0.5, 0.6) is 0 Å². The first-order chi connectivity index (χ1) is 11.5. The Kier molecular flexibility index (Phi) is 4.13. The molecule has 3 aromatic heterocycles. The fourth-order valence-electron chi connectivity index (χ4n) is 2.13. The zero-order valence-corrected chi connectivity index (χ0v) is 13.7. The maximum absolute atomic E-state index is 12.3. The molecule has 0 unspecified atom stereocenters. The highest BCUT2D eigenvalue weighted by molar-refractivity contribution is 7.18. The molecule has 0 aliphatic rings. The largest absolute Gasteiger partial charge is 0.465 e. The van der Waals surface area contributed by atoms with Crippen molar-refractivity contribution in [3.8, 4) is 0 Å². The number of amides is 1. The summed E-state index contributed by atoms with van der Waals surface area (Å²) in [6.07, 6.45) is 2.72. The van der Waals surface area contributed by atoms with Gasteiger partial charge in [0.05, 0.1) is 18.3 Å². The van der Waals surface area contributed by atoms with E-state index >= 15 is 0 Å². The van der Waals surface area contributed by atoms with Gasteiger partial charge in [0.25, 0.3) is 5.56 Å².